The molecule has 0 aliphatic rings. The summed E-state index contributed by atoms with van der Waals surface area (Å²) in [5.41, 5.74) is 2.82. The molecule has 0 saturated carbocycles. The molecule has 0 radical (unpaired) electrons. The maximum atomic E-state index is 10.6. The summed E-state index contributed by atoms with van der Waals surface area (Å²) in [5, 5.41) is 9.84. The van der Waals surface area contributed by atoms with Gasteiger partial charge in [0, 0.05) is 12.0 Å². The van der Waals surface area contributed by atoms with Crippen molar-refractivity contribution in [3.8, 4) is 0 Å². The van der Waals surface area contributed by atoms with E-state index in [-0.39, 0.29) is 5.78 Å². The third-order valence-electron chi connectivity index (χ3n) is 5.66. The molecule has 0 fully saturated rings. The molecule has 2 aromatic rings. The Hall–Kier alpha value is -1.93. The molecule has 2 aromatic carbocycles. The SMILES string of the molecule is CC(=O)c1ccccc1.CCCCCCCCCCCCc1ccc(CC(C)(C)O)cc1. The number of carbonyl (C=O) groups is 1. The molecule has 2 heteroatoms. The lowest BCUT2D eigenvalue weighted by atomic mass is 9.97. The zero-order valence-corrected chi connectivity index (χ0v) is 21.0. The smallest absolute Gasteiger partial charge is 0.159 e. The van der Waals surface area contributed by atoms with Crippen LogP contribution in [0.4, 0.5) is 0 Å². The summed E-state index contributed by atoms with van der Waals surface area (Å²) in [5.74, 6) is 0.121. The van der Waals surface area contributed by atoms with Crippen LogP contribution in [0.5, 0.6) is 0 Å². The first kappa shape index (κ1) is 28.1. The molecule has 1 N–H and O–H groups in total. The van der Waals surface area contributed by atoms with Crippen molar-refractivity contribution in [2.24, 2.45) is 0 Å². The lowest BCUT2D eigenvalue weighted by Crippen LogP contribution is -2.21. The van der Waals surface area contributed by atoms with Crippen molar-refractivity contribution in [3.63, 3.8) is 0 Å². The molecular formula is C30H46O2. The van der Waals surface area contributed by atoms with Gasteiger partial charge in [0.25, 0.3) is 0 Å². The Morgan fingerprint density at radius 2 is 1.19 bits per heavy atom. The maximum absolute atomic E-state index is 10.6. The molecule has 0 aliphatic heterocycles. The van der Waals surface area contributed by atoms with Gasteiger partial charge in [0.1, 0.15) is 0 Å². The average Bonchev–Trinajstić information content (AvgIpc) is 2.76. The number of hydrogen-bond donors (Lipinski definition) is 1. The van der Waals surface area contributed by atoms with Gasteiger partial charge >= 0.3 is 0 Å². The van der Waals surface area contributed by atoms with Gasteiger partial charge in [0.15, 0.2) is 5.78 Å². The Morgan fingerprint density at radius 1 is 0.719 bits per heavy atom. The molecule has 0 saturated heterocycles. The van der Waals surface area contributed by atoms with E-state index >= 15 is 0 Å². The lowest BCUT2D eigenvalue weighted by molar-refractivity contribution is 0.0809. The monoisotopic (exact) mass is 438 g/mol. The van der Waals surface area contributed by atoms with Gasteiger partial charge in [-0.1, -0.05) is 119 Å². The first-order valence-corrected chi connectivity index (χ1v) is 12.7. The second-order valence-electron chi connectivity index (χ2n) is 9.66. The van der Waals surface area contributed by atoms with E-state index in [9.17, 15) is 9.90 Å². The standard InChI is InChI=1S/C22H38O.C8H8O/c1-4-5-6-7-8-9-10-11-12-13-14-20-15-17-21(18-16-20)19-22(2,3)23;1-7(9)8-5-3-2-4-6-8/h15-18,23H,4-14,19H2,1-3H3;2-6H,1H3. The van der Waals surface area contributed by atoms with Crippen LogP contribution < -0.4 is 0 Å². The van der Waals surface area contributed by atoms with Crippen molar-refractivity contribution in [2.75, 3.05) is 0 Å². The third kappa shape index (κ3) is 15.0. The Labute approximate surface area is 197 Å². The molecule has 0 bridgehead atoms. The molecule has 0 aliphatic carbocycles. The molecule has 32 heavy (non-hydrogen) atoms. The van der Waals surface area contributed by atoms with E-state index in [0.29, 0.717) is 0 Å². The second kappa shape index (κ2) is 16.7. The molecule has 0 unspecified atom stereocenters. The van der Waals surface area contributed by atoms with Gasteiger partial charge < -0.3 is 5.11 Å². The van der Waals surface area contributed by atoms with Crippen LogP contribution in [0.1, 0.15) is 113 Å². The Morgan fingerprint density at radius 3 is 1.62 bits per heavy atom. The van der Waals surface area contributed by atoms with Crippen molar-refractivity contribution in [2.45, 2.75) is 110 Å². The van der Waals surface area contributed by atoms with E-state index in [1.54, 1.807) is 6.92 Å². The first-order valence-electron chi connectivity index (χ1n) is 12.7. The summed E-state index contributed by atoms with van der Waals surface area (Å²) in [6.07, 6.45) is 15.9. The number of carbonyl (C=O) groups excluding carboxylic acids is 1. The summed E-state index contributed by atoms with van der Waals surface area (Å²) in [6, 6.07) is 18.0. The molecule has 0 heterocycles. The third-order valence-corrected chi connectivity index (χ3v) is 5.66. The summed E-state index contributed by atoms with van der Waals surface area (Å²) in [4.78, 5) is 10.6. The summed E-state index contributed by atoms with van der Waals surface area (Å²) >= 11 is 0. The highest BCUT2D eigenvalue weighted by molar-refractivity contribution is 5.93. The zero-order chi connectivity index (χ0) is 23.7. The summed E-state index contributed by atoms with van der Waals surface area (Å²) in [7, 11) is 0. The second-order valence-corrected chi connectivity index (χ2v) is 9.66. The van der Waals surface area contributed by atoms with Crippen molar-refractivity contribution in [3.05, 3.63) is 71.3 Å². The molecule has 2 nitrogen and oxygen atoms in total. The summed E-state index contributed by atoms with van der Waals surface area (Å²) in [6.45, 7) is 7.58. The van der Waals surface area contributed by atoms with Crippen LogP contribution in [0.25, 0.3) is 0 Å². The lowest BCUT2D eigenvalue weighted by Gasteiger charge is -2.17. The van der Waals surface area contributed by atoms with Crippen LogP contribution >= 0.6 is 0 Å². The minimum Gasteiger partial charge on any atom is -0.390 e. The van der Waals surface area contributed by atoms with Crippen LogP contribution in [0, 0.1) is 0 Å². The molecule has 0 aromatic heterocycles. The Bertz CT molecular complexity index is 711. The molecular weight excluding hydrogens is 392 g/mol. The van der Waals surface area contributed by atoms with Crippen LogP contribution in [-0.4, -0.2) is 16.5 Å². The number of aryl methyl sites for hydroxylation is 1. The number of Topliss-reactive ketones (excluding diaryl/α,β-unsaturated/α-hetero) is 1. The van der Waals surface area contributed by atoms with E-state index in [1.807, 2.05) is 44.2 Å². The molecule has 2 rings (SSSR count). The average molecular weight is 439 g/mol. The van der Waals surface area contributed by atoms with Gasteiger partial charge in [-0.3, -0.25) is 4.79 Å². The van der Waals surface area contributed by atoms with Crippen molar-refractivity contribution in [1.82, 2.24) is 0 Å². The first-order chi connectivity index (χ1) is 15.3. The van der Waals surface area contributed by atoms with Gasteiger partial charge in [0.05, 0.1) is 5.60 Å². The number of unbranched alkanes of at least 4 members (excludes halogenated alkanes) is 9. The summed E-state index contributed by atoms with van der Waals surface area (Å²) < 4.78 is 0. The predicted octanol–water partition coefficient (Wildman–Crippen LogP) is 8.35. The molecule has 0 spiro atoms. The Balaban J connectivity index is 0.000000471. The number of ketones is 1. The number of benzene rings is 2. The molecule has 0 atom stereocenters. The highest BCUT2D eigenvalue weighted by Gasteiger charge is 2.12. The van der Waals surface area contributed by atoms with E-state index < -0.39 is 5.60 Å². The van der Waals surface area contributed by atoms with Gasteiger partial charge in [-0.25, -0.2) is 0 Å². The van der Waals surface area contributed by atoms with E-state index in [0.717, 1.165) is 12.0 Å². The highest BCUT2D eigenvalue weighted by Crippen LogP contribution is 2.15. The quantitative estimate of drug-likeness (QED) is 0.238. The van der Waals surface area contributed by atoms with Gasteiger partial charge in [-0.15, -0.1) is 0 Å². The van der Waals surface area contributed by atoms with Crippen LogP contribution in [0.3, 0.4) is 0 Å². The number of aliphatic hydroxyl groups is 1. The van der Waals surface area contributed by atoms with Crippen LogP contribution in [-0.2, 0) is 12.8 Å². The van der Waals surface area contributed by atoms with E-state index in [4.69, 9.17) is 0 Å². The van der Waals surface area contributed by atoms with Crippen molar-refractivity contribution < 1.29 is 9.90 Å². The zero-order valence-electron chi connectivity index (χ0n) is 21.0. The van der Waals surface area contributed by atoms with E-state index in [2.05, 4.69) is 31.2 Å². The normalized spacial score (nSPS) is 11.0. The fraction of sp³-hybridized carbons (Fsp3) is 0.567. The molecule has 0 amide bonds. The van der Waals surface area contributed by atoms with Crippen LogP contribution in [0.2, 0.25) is 0 Å². The number of rotatable bonds is 14. The van der Waals surface area contributed by atoms with Crippen molar-refractivity contribution in [1.29, 1.82) is 0 Å². The fourth-order valence-electron chi connectivity index (χ4n) is 3.81. The van der Waals surface area contributed by atoms with Gasteiger partial charge in [0.2, 0.25) is 0 Å². The fourth-order valence-corrected chi connectivity index (χ4v) is 3.81. The largest absolute Gasteiger partial charge is 0.390 e. The Kier molecular flexibility index (Phi) is 14.6. The molecule has 178 valence electrons. The topological polar surface area (TPSA) is 37.3 Å². The highest BCUT2D eigenvalue weighted by atomic mass is 16.3. The number of hydrogen-bond acceptors (Lipinski definition) is 2. The van der Waals surface area contributed by atoms with Gasteiger partial charge in [-0.2, -0.15) is 0 Å². The maximum Gasteiger partial charge on any atom is 0.159 e. The minimum absolute atomic E-state index is 0.121. The predicted molar refractivity (Wildman–Crippen MR) is 138 cm³/mol. The minimum atomic E-state index is -0.613. The van der Waals surface area contributed by atoms with Crippen molar-refractivity contribution >= 4 is 5.78 Å². The van der Waals surface area contributed by atoms with Gasteiger partial charge in [-0.05, 0) is 44.7 Å². The van der Waals surface area contributed by atoms with Crippen LogP contribution in [0.15, 0.2) is 54.6 Å². The van der Waals surface area contributed by atoms with E-state index in [1.165, 1.54) is 81.8 Å².